The molecule has 0 heterocycles. The van der Waals surface area contributed by atoms with Gasteiger partial charge in [0.2, 0.25) is 0 Å². The van der Waals surface area contributed by atoms with Crippen LogP contribution in [0, 0.1) is 5.41 Å². The average molecular weight is 191 g/mol. The summed E-state index contributed by atoms with van der Waals surface area (Å²) in [7, 11) is 0. The molecule has 0 amide bonds. The number of hydrogen-bond acceptors (Lipinski definition) is 1. The highest BCUT2D eigenvalue weighted by atomic mass is 19.3. The minimum atomic E-state index is -2.25. The molecule has 2 unspecified atom stereocenters. The van der Waals surface area contributed by atoms with Gasteiger partial charge in [-0.15, -0.1) is 0 Å². The number of halogens is 2. The van der Waals surface area contributed by atoms with E-state index >= 15 is 0 Å². The molecule has 1 N–H and O–H groups in total. The van der Waals surface area contributed by atoms with Gasteiger partial charge in [-0.2, -0.15) is 0 Å². The van der Waals surface area contributed by atoms with Gasteiger partial charge in [0.15, 0.2) is 0 Å². The molecule has 0 spiro atoms. The van der Waals surface area contributed by atoms with Gasteiger partial charge in [-0.05, 0) is 25.2 Å². The second-order valence-corrected chi connectivity index (χ2v) is 4.72. The Morgan fingerprint density at radius 1 is 1.38 bits per heavy atom. The zero-order chi connectivity index (χ0) is 10.1. The Bertz CT molecular complexity index is 168. The van der Waals surface area contributed by atoms with Crippen LogP contribution in [0.4, 0.5) is 8.78 Å². The maximum Gasteiger partial charge on any atom is 0.253 e. The van der Waals surface area contributed by atoms with Crippen LogP contribution in [-0.2, 0) is 0 Å². The molecule has 0 aromatic rings. The van der Waals surface area contributed by atoms with Crippen LogP contribution >= 0.6 is 0 Å². The van der Waals surface area contributed by atoms with Gasteiger partial charge in [0.1, 0.15) is 0 Å². The minimum absolute atomic E-state index is 0.184. The normalized spacial score (nSPS) is 29.5. The average Bonchev–Trinajstić information content (AvgIpc) is 2.30. The summed E-state index contributed by atoms with van der Waals surface area (Å²) in [5, 5.41) is 3.02. The van der Waals surface area contributed by atoms with E-state index in [1.165, 1.54) is 0 Å². The lowest BCUT2D eigenvalue weighted by atomic mass is 9.87. The van der Waals surface area contributed by atoms with E-state index in [-0.39, 0.29) is 11.5 Å². The summed E-state index contributed by atoms with van der Waals surface area (Å²) in [5.74, 6) is 0. The SMILES string of the molecule is CC(NC1CCCC1(C)C)C(F)F. The first kappa shape index (κ1) is 10.9. The topological polar surface area (TPSA) is 12.0 Å². The van der Waals surface area contributed by atoms with Gasteiger partial charge in [0, 0.05) is 6.04 Å². The maximum atomic E-state index is 12.3. The molecule has 0 aromatic heterocycles. The molecular formula is C10H19F2N. The summed E-state index contributed by atoms with van der Waals surface area (Å²) >= 11 is 0. The van der Waals surface area contributed by atoms with Gasteiger partial charge in [-0.25, -0.2) is 8.78 Å². The molecule has 13 heavy (non-hydrogen) atoms. The zero-order valence-corrected chi connectivity index (χ0v) is 8.61. The first-order valence-electron chi connectivity index (χ1n) is 4.97. The molecule has 1 nitrogen and oxygen atoms in total. The van der Waals surface area contributed by atoms with Crippen LogP contribution in [0.15, 0.2) is 0 Å². The van der Waals surface area contributed by atoms with E-state index in [4.69, 9.17) is 0 Å². The lowest BCUT2D eigenvalue weighted by Gasteiger charge is -2.30. The fourth-order valence-electron chi connectivity index (χ4n) is 2.03. The summed E-state index contributed by atoms with van der Waals surface area (Å²) in [5.41, 5.74) is 0.184. The Kier molecular flexibility index (Phi) is 3.28. The molecule has 0 saturated heterocycles. The fourth-order valence-corrected chi connectivity index (χ4v) is 2.03. The molecular weight excluding hydrogens is 172 g/mol. The first-order valence-corrected chi connectivity index (χ1v) is 4.97. The van der Waals surface area contributed by atoms with Crippen molar-refractivity contribution in [1.82, 2.24) is 5.32 Å². The van der Waals surface area contributed by atoms with Crippen LogP contribution in [0.5, 0.6) is 0 Å². The van der Waals surface area contributed by atoms with E-state index < -0.39 is 12.5 Å². The smallest absolute Gasteiger partial charge is 0.253 e. The molecule has 3 heteroatoms. The van der Waals surface area contributed by atoms with E-state index in [1.54, 1.807) is 6.92 Å². The van der Waals surface area contributed by atoms with E-state index in [2.05, 4.69) is 19.2 Å². The van der Waals surface area contributed by atoms with Crippen molar-refractivity contribution in [2.45, 2.75) is 58.5 Å². The van der Waals surface area contributed by atoms with Crippen molar-refractivity contribution in [3.8, 4) is 0 Å². The van der Waals surface area contributed by atoms with Gasteiger partial charge in [0.05, 0.1) is 6.04 Å². The predicted molar refractivity (Wildman–Crippen MR) is 50.0 cm³/mol. The molecule has 0 aromatic carbocycles. The first-order chi connectivity index (χ1) is 5.93. The van der Waals surface area contributed by atoms with Crippen LogP contribution in [-0.4, -0.2) is 18.5 Å². The summed E-state index contributed by atoms with van der Waals surface area (Å²) in [6, 6.07) is -0.418. The third-order valence-corrected chi connectivity index (χ3v) is 3.10. The molecule has 1 rings (SSSR count). The lowest BCUT2D eigenvalue weighted by molar-refractivity contribution is 0.0903. The van der Waals surface area contributed by atoms with Crippen LogP contribution in [0.2, 0.25) is 0 Å². The van der Waals surface area contributed by atoms with Gasteiger partial charge in [0.25, 0.3) is 6.43 Å². The number of nitrogens with one attached hydrogen (secondary N) is 1. The highest BCUT2D eigenvalue weighted by Crippen LogP contribution is 2.37. The summed E-state index contributed by atoms with van der Waals surface area (Å²) in [6.45, 7) is 5.85. The second kappa shape index (κ2) is 3.91. The largest absolute Gasteiger partial charge is 0.306 e. The minimum Gasteiger partial charge on any atom is -0.306 e. The standard InChI is InChI=1S/C10H19F2N/c1-7(9(11)12)13-8-5-4-6-10(8,2)3/h7-9,13H,4-6H2,1-3H3. The lowest BCUT2D eigenvalue weighted by Crippen LogP contribution is -2.45. The van der Waals surface area contributed by atoms with Gasteiger partial charge >= 0.3 is 0 Å². The van der Waals surface area contributed by atoms with Crippen LogP contribution in [0.3, 0.4) is 0 Å². The number of rotatable bonds is 3. The number of hydrogen-bond donors (Lipinski definition) is 1. The van der Waals surface area contributed by atoms with Crippen molar-refractivity contribution in [2.75, 3.05) is 0 Å². The van der Waals surface area contributed by atoms with Crippen molar-refractivity contribution >= 4 is 0 Å². The van der Waals surface area contributed by atoms with Crippen molar-refractivity contribution in [1.29, 1.82) is 0 Å². The summed E-state index contributed by atoms with van der Waals surface area (Å²) in [6.07, 6.45) is 1.07. The van der Waals surface area contributed by atoms with Crippen LogP contribution < -0.4 is 5.32 Å². The quantitative estimate of drug-likeness (QED) is 0.723. The predicted octanol–water partition coefficient (Wildman–Crippen LogP) is 2.81. The van der Waals surface area contributed by atoms with Crippen molar-refractivity contribution < 1.29 is 8.78 Å². The Morgan fingerprint density at radius 2 is 2.00 bits per heavy atom. The van der Waals surface area contributed by atoms with E-state index in [1.807, 2.05) is 0 Å². The third-order valence-electron chi connectivity index (χ3n) is 3.10. The van der Waals surface area contributed by atoms with E-state index in [0.717, 1.165) is 19.3 Å². The maximum absolute atomic E-state index is 12.3. The summed E-state index contributed by atoms with van der Waals surface area (Å²) < 4.78 is 24.5. The van der Waals surface area contributed by atoms with E-state index in [9.17, 15) is 8.78 Å². The summed E-state index contributed by atoms with van der Waals surface area (Å²) in [4.78, 5) is 0. The molecule has 2 atom stereocenters. The Hall–Kier alpha value is -0.180. The molecule has 1 saturated carbocycles. The molecule has 1 fully saturated rings. The highest BCUT2D eigenvalue weighted by molar-refractivity contribution is 4.91. The van der Waals surface area contributed by atoms with Gasteiger partial charge in [-0.3, -0.25) is 0 Å². The molecule has 0 aliphatic heterocycles. The highest BCUT2D eigenvalue weighted by Gasteiger charge is 2.35. The molecule has 1 aliphatic carbocycles. The fraction of sp³-hybridized carbons (Fsp3) is 1.00. The molecule has 1 aliphatic rings. The van der Waals surface area contributed by atoms with Gasteiger partial charge < -0.3 is 5.32 Å². The molecule has 0 bridgehead atoms. The van der Waals surface area contributed by atoms with E-state index in [0.29, 0.717) is 0 Å². The molecule has 78 valence electrons. The van der Waals surface area contributed by atoms with Crippen LogP contribution in [0.1, 0.15) is 40.0 Å². The van der Waals surface area contributed by atoms with Crippen molar-refractivity contribution in [3.63, 3.8) is 0 Å². The van der Waals surface area contributed by atoms with Crippen molar-refractivity contribution in [3.05, 3.63) is 0 Å². The van der Waals surface area contributed by atoms with Gasteiger partial charge in [-0.1, -0.05) is 20.3 Å². The molecule has 0 radical (unpaired) electrons. The Labute approximate surface area is 78.9 Å². The second-order valence-electron chi connectivity index (χ2n) is 4.72. The monoisotopic (exact) mass is 191 g/mol. The Balaban J connectivity index is 2.45. The third kappa shape index (κ3) is 2.63. The van der Waals surface area contributed by atoms with Crippen molar-refractivity contribution in [2.24, 2.45) is 5.41 Å². The van der Waals surface area contributed by atoms with Crippen LogP contribution in [0.25, 0.3) is 0 Å². The zero-order valence-electron chi connectivity index (χ0n) is 8.61. The Morgan fingerprint density at radius 3 is 2.38 bits per heavy atom. The number of alkyl halides is 2.